The molecule has 9 nitrogen and oxygen atoms in total. The number of carbonyl (C=O) groups excluding carboxylic acids is 1. The number of carbonyl (C=O) groups is 1. The van der Waals surface area contributed by atoms with Crippen molar-refractivity contribution >= 4 is 5.97 Å². The number of fused-ring (bicyclic) bond motifs is 3. The summed E-state index contributed by atoms with van der Waals surface area (Å²) in [6.07, 6.45) is -0.592. The number of benzene rings is 2. The monoisotopic (exact) mass is 429 g/mol. The number of rotatable bonds is 4. The summed E-state index contributed by atoms with van der Waals surface area (Å²) in [6.45, 7) is 0.131. The van der Waals surface area contributed by atoms with Crippen molar-refractivity contribution < 1.29 is 38.3 Å². The molecule has 2 aromatic rings. The number of ether oxygens (including phenoxy) is 6. The molecule has 0 bridgehead atoms. The van der Waals surface area contributed by atoms with Gasteiger partial charge in [0.2, 0.25) is 12.5 Å². The van der Waals surface area contributed by atoms with Crippen LogP contribution in [0.2, 0.25) is 0 Å². The minimum absolute atomic E-state index is 0.0196. The van der Waals surface area contributed by atoms with E-state index in [1.807, 2.05) is 12.1 Å². The van der Waals surface area contributed by atoms with Crippen molar-refractivity contribution in [2.45, 2.75) is 17.6 Å². The van der Waals surface area contributed by atoms with Crippen LogP contribution in [-0.4, -0.2) is 51.3 Å². The molecular formula is C22H23NO8. The lowest BCUT2D eigenvalue weighted by Crippen LogP contribution is -2.57. The molecular weight excluding hydrogens is 406 g/mol. The average molecular weight is 429 g/mol. The van der Waals surface area contributed by atoms with Gasteiger partial charge in [0.05, 0.1) is 25.7 Å². The van der Waals surface area contributed by atoms with Gasteiger partial charge >= 0.3 is 5.97 Å². The zero-order chi connectivity index (χ0) is 21.9. The molecule has 0 radical (unpaired) electrons. The molecule has 2 aromatic carbocycles. The molecule has 2 heterocycles. The maximum absolute atomic E-state index is 13.0. The molecule has 1 fully saturated rings. The Labute approximate surface area is 178 Å². The molecule has 3 N–H and O–H groups in total. The number of hydrogen-bond donors (Lipinski definition) is 2. The minimum Gasteiger partial charge on any atom is -0.502 e. The number of cyclic esters (lactones) is 1. The van der Waals surface area contributed by atoms with E-state index in [-0.39, 0.29) is 30.6 Å². The van der Waals surface area contributed by atoms with Gasteiger partial charge in [-0.2, -0.15) is 0 Å². The molecule has 31 heavy (non-hydrogen) atoms. The maximum Gasteiger partial charge on any atom is 0.312 e. The number of aromatic hydroxyl groups is 1. The highest BCUT2D eigenvalue weighted by molar-refractivity contribution is 5.81. The molecule has 0 amide bonds. The highest BCUT2D eigenvalue weighted by Gasteiger charge is 2.61. The smallest absolute Gasteiger partial charge is 0.312 e. The first kappa shape index (κ1) is 19.8. The third kappa shape index (κ3) is 2.66. The Balaban J connectivity index is 1.79. The van der Waals surface area contributed by atoms with E-state index in [4.69, 9.17) is 34.2 Å². The molecule has 164 valence electrons. The van der Waals surface area contributed by atoms with Gasteiger partial charge in [0.25, 0.3) is 0 Å². The second-order valence-corrected chi connectivity index (χ2v) is 7.90. The van der Waals surface area contributed by atoms with Crippen molar-refractivity contribution in [2.24, 2.45) is 11.7 Å². The summed E-state index contributed by atoms with van der Waals surface area (Å²) in [6, 6.07) is 7.05. The number of phenolic OH excluding ortho intramolecular Hbond substituents is 1. The summed E-state index contributed by atoms with van der Waals surface area (Å²) in [4.78, 5) is 13.0. The van der Waals surface area contributed by atoms with Crippen molar-refractivity contribution in [2.75, 3.05) is 34.7 Å². The predicted octanol–water partition coefficient (Wildman–Crippen LogP) is 1.84. The Morgan fingerprint density at radius 1 is 1.00 bits per heavy atom. The molecule has 0 spiro atoms. The molecule has 4 atom stereocenters. The summed E-state index contributed by atoms with van der Waals surface area (Å²) in [5.41, 5.74) is 7.99. The molecule has 1 saturated heterocycles. The minimum atomic E-state index is -1.10. The molecule has 1 aliphatic carbocycles. The van der Waals surface area contributed by atoms with E-state index in [1.54, 1.807) is 19.2 Å². The van der Waals surface area contributed by atoms with Gasteiger partial charge in [-0.1, -0.05) is 0 Å². The van der Waals surface area contributed by atoms with Gasteiger partial charge in [0.15, 0.2) is 23.0 Å². The molecule has 2 aliphatic heterocycles. The van der Waals surface area contributed by atoms with E-state index >= 15 is 0 Å². The van der Waals surface area contributed by atoms with E-state index in [9.17, 15) is 9.90 Å². The van der Waals surface area contributed by atoms with Crippen LogP contribution in [0.1, 0.15) is 28.7 Å². The van der Waals surface area contributed by atoms with Crippen LogP contribution < -0.4 is 24.7 Å². The Hall–Kier alpha value is -3.17. The number of phenols is 1. The second kappa shape index (κ2) is 6.93. The third-order valence-corrected chi connectivity index (χ3v) is 6.41. The molecule has 5 rings (SSSR count). The van der Waals surface area contributed by atoms with E-state index in [2.05, 4.69) is 0 Å². The van der Waals surface area contributed by atoms with Crippen molar-refractivity contribution in [3.05, 3.63) is 41.0 Å². The van der Waals surface area contributed by atoms with Crippen LogP contribution in [0.5, 0.6) is 28.7 Å². The first-order valence-electron chi connectivity index (χ1n) is 9.79. The zero-order valence-corrected chi connectivity index (χ0v) is 17.3. The lowest BCUT2D eigenvalue weighted by Gasteiger charge is -2.44. The van der Waals surface area contributed by atoms with E-state index in [0.717, 1.165) is 11.1 Å². The number of methoxy groups -OCH3 is 3. The summed E-state index contributed by atoms with van der Waals surface area (Å²) in [7, 11) is 4.45. The van der Waals surface area contributed by atoms with Crippen LogP contribution >= 0.6 is 0 Å². The predicted molar refractivity (Wildman–Crippen MR) is 107 cm³/mol. The Morgan fingerprint density at radius 2 is 1.61 bits per heavy atom. The molecule has 0 saturated carbocycles. The van der Waals surface area contributed by atoms with Crippen molar-refractivity contribution in [1.82, 2.24) is 0 Å². The third-order valence-electron chi connectivity index (χ3n) is 6.41. The van der Waals surface area contributed by atoms with Crippen molar-refractivity contribution in [3.63, 3.8) is 0 Å². The summed E-state index contributed by atoms with van der Waals surface area (Å²) < 4.78 is 33.1. The van der Waals surface area contributed by atoms with Crippen LogP contribution in [0.4, 0.5) is 0 Å². The van der Waals surface area contributed by atoms with Crippen LogP contribution in [0.3, 0.4) is 0 Å². The van der Waals surface area contributed by atoms with Gasteiger partial charge < -0.3 is 39.3 Å². The average Bonchev–Trinajstić information content (AvgIpc) is 3.35. The SMILES string of the molecule is COc1cc(C2c3cc4c(cc3C(OC)C3(N)COC(=O)C23)OCO4)cc(OC)c1O. The van der Waals surface area contributed by atoms with Gasteiger partial charge in [-0.3, -0.25) is 4.79 Å². The Bertz CT molecular complexity index is 1040. The van der Waals surface area contributed by atoms with E-state index in [0.29, 0.717) is 17.1 Å². The number of esters is 1. The maximum atomic E-state index is 13.0. The second-order valence-electron chi connectivity index (χ2n) is 7.90. The highest BCUT2D eigenvalue weighted by Crippen LogP contribution is 2.57. The largest absolute Gasteiger partial charge is 0.502 e. The van der Waals surface area contributed by atoms with E-state index < -0.39 is 29.4 Å². The fraction of sp³-hybridized carbons (Fsp3) is 0.409. The van der Waals surface area contributed by atoms with Crippen molar-refractivity contribution in [1.29, 1.82) is 0 Å². The lowest BCUT2D eigenvalue weighted by atomic mass is 9.62. The quantitative estimate of drug-likeness (QED) is 0.702. The standard InChI is InChI=1S/C22H23NO8/c1-26-15-4-10(5-16(27-2)19(15)24)17-11-6-13-14(31-9-30-13)7-12(11)20(28-3)22(23)8-29-21(25)18(17)22/h4-7,17-18,20,24H,8-9,23H2,1-3H3. The van der Waals surface area contributed by atoms with Gasteiger partial charge in [0, 0.05) is 13.0 Å². The van der Waals surface area contributed by atoms with Gasteiger partial charge in [-0.25, -0.2) is 0 Å². The highest BCUT2D eigenvalue weighted by atomic mass is 16.7. The van der Waals surface area contributed by atoms with Crippen LogP contribution in [0.15, 0.2) is 24.3 Å². The summed E-state index contributed by atoms with van der Waals surface area (Å²) in [5, 5.41) is 10.4. The Kier molecular flexibility index (Phi) is 4.42. The van der Waals surface area contributed by atoms with Gasteiger partial charge in [0.1, 0.15) is 12.7 Å². The normalized spacial score (nSPS) is 28.0. The summed E-state index contributed by atoms with van der Waals surface area (Å²) in [5.74, 6) is -0.176. The number of nitrogens with two attached hydrogens (primary N) is 1. The van der Waals surface area contributed by atoms with Gasteiger partial charge in [-0.05, 0) is 41.0 Å². The van der Waals surface area contributed by atoms with Crippen LogP contribution in [0, 0.1) is 5.92 Å². The first-order chi connectivity index (χ1) is 14.9. The van der Waals surface area contributed by atoms with Crippen LogP contribution in [-0.2, 0) is 14.3 Å². The fourth-order valence-electron chi connectivity index (χ4n) is 5.03. The molecule has 3 aliphatic rings. The summed E-state index contributed by atoms with van der Waals surface area (Å²) >= 11 is 0. The molecule has 0 aromatic heterocycles. The van der Waals surface area contributed by atoms with E-state index in [1.165, 1.54) is 14.2 Å². The lowest BCUT2D eigenvalue weighted by molar-refractivity contribution is -0.141. The number of hydrogen-bond acceptors (Lipinski definition) is 9. The first-order valence-corrected chi connectivity index (χ1v) is 9.79. The van der Waals surface area contributed by atoms with Gasteiger partial charge in [-0.15, -0.1) is 0 Å². The molecule has 4 unspecified atom stereocenters. The fourth-order valence-corrected chi connectivity index (χ4v) is 5.03. The topological polar surface area (TPSA) is 119 Å². The Morgan fingerprint density at radius 3 is 2.19 bits per heavy atom. The van der Waals surface area contributed by atoms with Crippen molar-refractivity contribution in [3.8, 4) is 28.7 Å². The van der Waals surface area contributed by atoms with Crippen LogP contribution in [0.25, 0.3) is 0 Å². The zero-order valence-electron chi connectivity index (χ0n) is 17.3. The molecule has 9 heteroatoms.